The fourth-order valence-corrected chi connectivity index (χ4v) is 4.34. The summed E-state index contributed by atoms with van der Waals surface area (Å²) in [6, 6.07) is 9.94. The van der Waals surface area contributed by atoms with Crippen molar-refractivity contribution in [2.45, 2.75) is 25.3 Å². The number of rotatable bonds is 4. The van der Waals surface area contributed by atoms with Crippen LogP contribution in [0.4, 0.5) is 0 Å². The maximum atomic E-state index is 11.9. The van der Waals surface area contributed by atoms with Crippen molar-refractivity contribution >= 4 is 22.5 Å². The third-order valence-electron chi connectivity index (χ3n) is 5.91. The summed E-state index contributed by atoms with van der Waals surface area (Å²) in [7, 11) is 1.42. The molecule has 0 spiro atoms. The lowest BCUT2D eigenvalue weighted by Crippen LogP contribution is -2.32. The number of H-pyrrole nitrogens is 1. The number of nitrogens with zero attached hydrogens (tertiary/aromatic N) is 4. The van der Waals surface area contributed by atoms with Gasteiger partial charge in [0.25, 0.3) is 0 Å². The molecule has 0 bridgehead atoms. The van der Waals surface area contributed by atoms with Crippen LogP contribution in [0.5, 0.6) is 0 Å². The van der Waals surface area contributed by atoms with Crippen LogP contribution in [0.15, 0.2) is 49.1 Å². The zero-order valence-electron chi connectivity index (χ0n) is 16.3. The van der Waals surface area contributed by atoms with E-state index in [-0.39, 0.29) is 5.97 Å². The minimum Gasteiger partial charge on any atom is -0.465 e. The summed E-state index contributed by atoms with van der Waals surface area (Å²) in [6.45, 7) is 3.02. The largest absolute Gasteiger partial charge is 0.465 e. The van der Waals surface area contributed by atoms with Crippen LogP contribution in [0, 0.1) is 0 Å². The number of piperidine rings is 1. The van der Waals surface area contributed by atoms with Gasteiger partial charge in [-0.15, -0.1) is 0 Å². The standard InChI is InChI=1S/C22H23N5O2/c1-29-22(28)17-2-3-20-18(11-17)19(12-23-20)16-5-7-26(8-6-16)13-15-4-9-27-21(10-15)24-14-25-27/h2-4,9-12,14,16,23H,5-8,13H2,1H3. The van der Waals surface area contributed by atoms with Crippen molar-refractivity contribution in [2.24, 2.45) is 0 Å². The predicted molar refractivity (Wildman–Crippen MR) is 110 cm³/mol. The molecule has 1 aliphatic rings. The average Bonchev–Trinajstić information content (AvgIpc) is 3.39. The van der Waals surface area contributed by atoms with E-state index in [1.54, 1.807) is 10.8 Å². The topological polar surface area (TPSA) is 75.5 Å². The van der Waals surface area contributed by atoms with E-state index >= 15 is 0 Å². The molecule has 0 aliphatic carbocycles. The number of fused-ring (bicyclic) bond motifs is 2. The van der Waals surface area contributed by atoms with Crippen molar-refractivity contribution in [3.05, 3.63) is 65.7 Å². The lowest BCUT2D eigenvalue weighted by atomic mass is 9.88. The smallest absolute Gasteiger partial charge is 0.337 e. The fraction of sp³-hybridized carbons (Fsp3) is 0.318. The molecule has 0 radical (unpaired) electrons. The van der Waals surface area contributed by atoms with Crippen LogP contribution in [0.1, 0.15) is 40.2 Å². The van der Waals surface area contributed by atoms with E-state index in [1.165, 1.54) is 18.2 Å². The number of aromatic nitrogens is 4. The monoisotopic (exact) mass is 389 g/mol. The number of likely N-dealkylation sites (tertiary alicyclic amines) is 1. The SMILES string of the molecule is COC(=O)c1ccc2[nH]cc(C3CCN(Cc4ccn5ncnc5c4)CC3)c2c1. The van der Waals surface area contributed by atoms with Gasteiger partial charge in [0.05, 0.1) is 12.7 Å². The summed E-state index contributed by atoms with van der Waals surface area (Å²) in [5, 5.41) is 5.28. The first-order valence-electron chi connectivity index (χ1n) is 9.91. The van der Waals surface area contributed by atoms with E-state index in [2.05, 4.69) is 38.3 Å². The molecule has 0 amide bonds. The normalized spacial score (nSPS) is 15.9. The first-order chi connectivity index (χ1) is 14.2. The Morgan fingerprint density at radius 3 is 2.93 bits per heavy atom. The number of benzene rings is 1. The van der Waals surface area contributed by atoms with Crippen LogP contribution in [0.3, 0.4) is 0 Å². The van der Waals surface area contributed by atoms with Crippen LogP contribution in [0.2, 0.25) is 0 Å². The molecule has 0 atom stereocenters. The van der Waals surface area contributed by atoms with Crippen molar-refractivity contribution in [3.8, 4) is 0 Å². The van der Waals surface area contributed by atoms with Crippen LogP contribution >= 0.6 is 0 Å². The highest BCUT2D eigenvalue weighted by atomic mass is 16.5. The van der Waals surface area contributed by atoms with Gasteiger partial charge in [-0.3, -0.25) is 4.90 Å². The molecule has 4 heterocycles. The van der Waals surface area contributed by atoms with E-state index in [9.17, 15) is 4.79 Å². The fourth-order valence-electron chi connectivity index (χ4n) is 4.34. The molecule has 0 unspecified atom stereocenters. The Kier molecular flexibility index (Phi) is 4.52. The second-order valence-corrected chi connectivity index (χ2v) is 7.64. The summed E-state index contributed by atoms with van der Waals surface area (Å²) in [4.78, 5) is 22.0. The molecule has 1 aliphatic heterocycles. The van der Waals surface area contributed by atoms with Crippen LogP contribution < -0.4 is 0 Å². The summed E-state index contributed by atoms with van der Waals surface area (Å²) in [5.74, 6) is 0.199. The summed E-state index contributed by atoms with van der Waals surface area (Å²) in [5.41, 5.74) is 5.12. The van der Waals surface area contributed by atoms with Gasteiger partial charge in [0, 0.05) is 29.8 Å². The summed E-state index contributed by atoms with van der Waals surface area (Å²) >= 11 is 0. The Morgan fingerprint density at radius 2 is 2.10 bits per heavy atom. The highest BCUT2D eigenvalue weighted by Gasteiger charge is 2.23. The molecule has 1 fully saturated rings. The number of hydrogen-bond donors (Lipinski definition) is 1. The van der Waals surface area contributed by atoms with Crippen LogP contribution in [-0.2, 0) is 11.3 Å². The molecule has 1 saturated heterocycles. The van der Waals surface area contributed by atoms with E-state index in [0.717, 1.165) is 49.0 Å². The predicted octanol–water partition coefficient (Wildman–Crippen LogP) is 3.38. The maximum Gasteiger partial charge on any atom is 0.337 e. The summed E-state index contributed by atoms with van der Waals surface area (Å²) < 4.78 is 6.66. The van der Waals surface area contributed by atoms with Gasteiger partial charge < -0.3 is 9.72 Å². The minimum absolute atomic E-state index is 0.293. The Morgan fingerprint density at radius 1 is 1.24 bits per heavy atom. The summed E-state index contributed by atoms with van der Waals surface area (Å²) in [6.07, 6.45) is 7.85. The van der Waals surface area contributed by atoms with Gasteiger partial charge in [-0.25, -0.2) is 14.3 Å². The van der Waals surface area contributed by atoms with E-state index in [0.29, 0.717) is 11.5 Å². The van der Waals surface area contributed by atoms with E-state index in [4.69, 9.17) is 4.74 Å². The number of aromatic amines is 1. The van der Waals surface area contributed by atoms with Crippen LogP contribution in [0.25, 0.3) is 16.6 Å². The number of esters is 1. The zero-order chi connectivity index (χ0) is 19.8. The van der Waals surface area contributed by atoms with Gasteiger partial charge >= 0.3 is 5.97 Å². The number of methoxy groups -OCH3 is 1. The number of pyridine rings is 1. The maximum absolute atomic E-state index is 11.9. The van der Waals surface area contributed by atoms with Crippen molar-refractivity contribution in [2.75, 3.05) is 20.2 Å². The molecule has 7 heteroatoms. The quantitative estimate of drug-likeness (QED) is 0.542. The van der Waals surface area contributed by atoms with E-state index < -0.39 is 0 Å². The molecule has 7 nitrogen and oxygen atoms in total. The molecule has 5 rings (SSSR count). The second kappa shape index (κ2) is 7.33. The Labute approximate surface area is 168 Å². The molecule has 1 N–H and O–H groups in total. The lowest BCUT2D eigenvalue weighted by Gasteiger charge is -2.32. The molecule has 148 valence electrons. The first-order valence-corrected chi connectivity index (χ1v) is 9.91. The number of hydrogen-bond acceptors (Lipinski definition) is 5. The Bertz CT molecular complexity index is 1170. The van der Waals surface area contributed by atoms with Crippen molar-refractivity contribution < 1.29 is 9.53 Å². The number of carbonyl (C=O) groups is 1. The molecule has 0 saturated carbocycles. The van der Waals surface area contributed by atoms with Gasteiger partial charge in [0.1, 0.15) is 6.33 Å². The van der Waals surface area contributed by atoms with Crippen molar-refractivity contribution in [1.29, 1.82) is 0 Å². The third-order valence-corrected chi connectivity index (χ3v) is 5.91. The number of carbonyl (C=O) groups excluding carboxylic acids is 1. The molecule has 3 aromatic heterocycles. The van der Waals surface area contributed by atoms with Crippen LogP contribution in [-0.4, -0.2) is 50.7 Å². The van der Waals surface area contributed by atoms with E-state index in [1.807, 2.05) is 24.4 Å². The molecule has 29 heavy (non-hydrogen) atoms. The number of nitrogens with one attached hydrogen (secondary N) is 1. The minimum atomic E-state index is -0.293. The van der Waals surface area contributed by atoms with Gasteiger partial charge in [0.2, 0.25) is 0 Å². The average molecular weight is 389 g/mol. The lowest BCUT2D eigenvalue weighted by molar-refractivity contribution is 0.0601. The second-order valence-electron chi connectivity index (χ2n) is 7.64. The molecular weight excluding hydrogens is 366 g/mol. The molecule has 4 aromatic rings. The molecular formula is C22H23N5O2. The van der Waals surface area contributed by atoms with Gasteiger partial charge in [-0.1, -0.05) is 0 Å². The first kappa shape index (κ1) is 17.9. The Hall–Kier alpha value is -3.19. The zero-order valence-corrected chi connectivity index (χ0v) is 16.3. The highest BCUT2D eigenvalue weighted by molar-refractivity contribution is 5.95. The van der Waals surface area contributed by atoms with Gasteiger partial charge in [-0.05, 0) is 73.3 Å². The van der Waals surface area contributed by atoms with Gasteiger partial charge in [-0.2, -0.15) is 5.10 Å². The highest BCUT2D eigenvalue weighted by Crippen LogP contribution is 2.34. The Balaban J connectivity index is 1.29. The van der Waals surface area contributed by atoms with Crippen molar-refractivity contribution in [3.63, 3.8) is 0 Å². The van der Waals surface area contributed by atoms with Crippen molar-refractivity contribution in [1.82, 2.24) is 24.5 Å². The number of ether oxygens (including phenoxy) is 1. The molecule has 1 aromatic carbocycles. The van der Waals surface area contributed by atoms with Gasteiger partial charge in [0.15, 0.2) is 5.65 Å². The third kappa shape index (κ3) is 3.38.